The van der Waals surface area contributed by atoms with Gasteiger partial charge in [-0.1, -0.05) is 20.3 Å². The third-order valence-electron chi connectivity index (χ3n) is 6.71. The predicted octanol–water partition coefficient (Wildman–Crippen LogP) is 4.26. The molecule has 3 heterocycles. The first-order valence-electron chi connectivity index (χ1n) is 12.1. The molecule has 33 heavy (non-hydrogen) atoms. The lowest BCUT2D eigenvalue weighted by atomic mass is 10.1. The van der Waals surface area contributed by atoms with Gasteiger partial charge >= 0.3 is 0 Å². The normalized spacial score (nSPS) is 17.9. The number of anilines is 2. The number of amides is 1. The molecule has 1 saturated heterocycles. The van der Waals surface area contributed by atoms with Crippen molar-refractivity contribution in [2.24, 2.45) is 0 Å². The van der Waals surface area contributed by atoms with Crippen LogP contribution in [-0.4, -0.2) is 53.0 Å². The van der Waals surface area contributed by atoms with Crippen LogP contribution < -0.4 is 10.2 Å². The fraction of sp³-hybridized carbons (Fsp3) is 0.600. The van der Waals surface area contributed by atoms with Crippen molar-refractivity contribution in [3.8, 4) is 6.07 Å². The maximum absolute atomic E-state index is 13.1. The molecule has 2 aromatic rings. The van der Waals surface area contributed by atoms with E-state index in [1.165, 1.54) is 11.3 Å². The Morgan fingerprint density at radius 3 is 2.55 bits per heavy atom. The number of carbonyl (C=O) groups excluding carboxylic acids is 1. The summed E-state index contributed by atoms with van der Waals surface area (Å²) in [6.45, 7) is 11.4. The Kier molecular flexibility index (Phi) is 7.30. The molecular formula is C25H34N6OS. The van der Waals surface area contributed by atoms with Gasteiger partial charge in [0.1, 0.15) is 22.7 Å². The van der Waals surface area contributed by atoms with Gasteiger partial charge in [-0.3, -0.25) is 9.69 Å². The molecule has 0 aromatic carbocycles. The molecule has 1 aliphatic carbocycles. The second-order valence-electron chi connectivity index (χ2n) is 9.45. The van der Waals surface area contributed by atoms with E-state index < -0.39 is 0 Å². The molecule has 1 amide bonds. The highest BCUT2D eigenvalue weighted by atomic mass is 32.1. The van der Waals surface area contributed by atoms with Gasteiger partial charge in [0.25, 0.3) is 0 Å². The van der Waals surface area contributed by atoms with Crippen molar-refractivity contribution in [2.75, 3.05) is 36.4 Å². The second-order valence-corrected chi connectivity index (χ2v) is 10.6. The molecule has 4 rings (SSSR count). The van der Waals surface area contributed by atoms with E-state index in [9.17, 15) is 10.1 Å². The molecule has 2 aliphatic rings. The van der Waals surface area contributed by atoms with Gasteiger partial charge in [-0.05, 0) is 45.1 Å². The van der Waals surface area contributed by atoms with Crippen molar-refractivity contribution in [3.05, 3.63) is 33.6 Å². The molecule has 0 saturated carbocycles. The van der Waals surface area contributed by atoms with E-state index >= 15 is 0 Å². The molecule has 1 aliphatic heterocycles. The van der Waals surface area contributed by atoms with Gasteiger partial charge in [0.2, 0.25) is 5.91 Å². The maximum Gasteiger partial charge on any atom is 0.242 e. The lowest BCUT2D eigenvalue weighted by Gasteiger charge is -2.38. The molecule has 1 fully saturated rings. The fourth-order valence-corrected chi connectivity index (χ4v) is 5.91. The Labute approximate surface area is 200 Å². The molecule has 0 bridgehead atoms. The number of nitrogens with one attached hydrogen (secondary N) is 1. The van der Waals surface area contributed by atoms with Crippen LogP contribution in [0.1, 0.15) is 73.5 Å². The standard InChI is InChI=1S/C25H34N6OS/c1-16(2)23-27-17(3)14-22(28-23)31-12-10-30(11-13-31)18(4)24(32)29-25-20(15-26)19-8-6-5-7-9-21(19)33-25/h14,16,18H,5-13H2,1-4H3,(H,29,32). The zero-order valence-corrected chi connectivity index (χ0v) is 21.0. The zero-order valence-electron chi connectivity index (χ0n) is 20.1. The average molecular weight is 467 g/mol. The van der Waals surface area contributed by atoms with E-state index in [4.69, 9.17) is 4.98 Å². The summed E-state index contributed by atoms with van der Waals surface area (Å²) in [7, 11) is 0. The molecule has 2 aromatic heterocycles. The zero-order chi connectivity index (χ0) is 23.5. The maximum atomic E-state index is 13.1. The lowest BCUT2D eigenvalue weighted by molar-refractivity contribution is -0.120. The van der Waals surface area contributed by atoms with Gasteiger partial charge < -0.3 is 10.2 Å². The highest BCUT2D eigenvalue weighted by Crippen LogP contribution is 2.37. The van der Waals surface area contributed by atoms with Gasteiger partial charge in [0.05, 0.1) is 11.6 Å². The van der Waals surface area contributed by atoms with Crippen LogP contribution in [0.2, 0.25) is 0 Å². The van der Waals surface area contributed by atoms with Crippen LogP contribution in [0.5, 0.6) is 0 Å². The third kappa shape index (κ3) is 5.20. The first-order chi connectivity index (χ1) is 15.9. The Bertz CT molecular complexity index is 1050. The van der Waals surface area contributed by atoms with Crippen molar-refractivity contribution in [1.82, 2.24) is 14.9 Å². The van der Waals surface area contributed by atoms with Crippen LogP contribution in [0.15, 0.2) is 6.07 Å². The van der Waals surface area contributed by atoms with Gasteiger partial charge in [-0.2, -0.15) is 5.26 Å². The van der Waals surface area contributed by atoms with Crippen molar-refractivity contribution < 1.29 is 4.79 Å². The Morgan fingerprint density at radius 2 is 1.85 bits per heavy atom. The van der Waals surface area contributed by atoms with E-state index in [0.717, 1.165) is 79.8 Å². The molecule has 7 nitrogen and oxygen atoms in total. The fourth-order valence-electron chi connectivity index (χ4n) is 4.66. The van der Waals surface area contributed by atoms with Crippen LogP contribution in [0.3, 0.4) is 0 Å². The number of nitrogens with zero attached hydrogens (tertiary/aromatic N) is 5. The van der Waals surface area contributed by atoms with E-state index in [1.54, 1.807) is 11.3 Å². The molecule has 1 atom stereocenters. The van der Waals surface area contributed by atoms with Crippen LogP contribution >= 0.6 is 11.3 Å². The van der Waals surface area contributed by atoms with Crippen LogP contribution in [0.4, 0.5) is 10.8 Å². The Balaban J connectivity index is 1.39. The predicted molar refractivity (Wildman–Crippen MR) is 133 cm³/mol. The number of hydrogen-bond acceptors (Lipinski definition) is 7. The number of aryl methyl sites for hydroxylation is 2. The topological polar surface area (TPSA) is 85.1 Å². The number of fused-ring (bicyclic) bond motifs is 1. The first-order valence-corrected chi connectivity index (χ1v) is 12.9. The monoisotopic (exact) mass is 466 g/mol. The van der Waals surface area contributed by atoms with E-state index in [2.05, 4.69) is 40.0 Å². The van der Waals surface area contributed by atoms with E-state index in [0.29, 0.717) is 11.5 Å². The highest BCUT2D eigenvalue weighted by Gasteiger charge is 2.28. The van der Waals surface area contributed by atoms with Crippen molar-refractivity contribution in [3.63, 3.8) is 0 Å². The van der Waals surface area contributed by atoms with Crippen molar-refractivity contribution in [1.29, 1.82) is 5.26 Å². The summed E-state index contributed by atoms with van der Waals surface area (Å²) in [4.78, 5) is 28.2. The summed E-state index contributed by atoms with van der Waals surface area (Å²) < 4.78 is 0. The largest absolute Gasteiger partial charge is 0.354 e. The van der Waals surface area contributed by atoms with Crippen molar-refractivity contribution in [2.45, 2.75) is 71.8 Å². The number of piperazine rings is 1. The summed E-state index contributed by atoms with van der Waals surface area (Å²) >= 11 is 1.60. The second kappa shape index (κ2) is 10.2. The third-order valence-corrected chi connectivity index (χ3v) is 7.92. The minimum atomic E-state index is -0.251. The van der Waals surface area contributed by atoms with Crippen LogP contribution in [-0.2, 0) is 17.6 Å². The molecule has 1 unspecified atom stereocenters. The van der Waals surface area contributed by atoms with Crippen molar-refractivity contribution >= 4 is 28.1 Å². The van der Waals surface area contributed by atoms with Gasteiger partial charge in [-0.15, -0.1) is 11.3 Å². The SMILES string of the molecule is Cc1cc(N2CCN(C(C)C(=O)Nc3sc4c(c3C#N)CCCCC4)CC2)nc(C(C)C)n1. The minimum Gasteiger partial charge on any atom is -0.354 e. The van der Waals surface area contributed by atoms with Crippen LogP contribution in [0, 0.1) is 18.3 Å². The summed E-state index contributed by atoms with van der Waals surface area (Å²) in [5.41, 5.74) is 2.83. The number of nitriles is 1. The molecule has 176 valence electrons. The molecule has 0 spiro atoms. The molecule has 1 N–H and O–H groups in total. The lowest BCUT2D eigenvalue weighted by Crippen LogP contribution is -2.53. The summed E-state index contributed by atoms with van der Waals surface area (Å²) in [5.74, 6) is 2.11. The van der Waals surface area contributed by atoms with Gasteiger partial charge in [0, 0.05) is 48.7 Å². The summed E-state index contributed by atoms with van der Waals surface area (Å²) in [5, 5.41) is 13.6. The smallest absolute Gasteiger partial charge is 0.242 e. The quantitative estimate of drug-likeness (QED) is 0.663. The highest BCUT2D eigenvalue weighted by molar-refractivity contribution is 7.16. The Morgan fingerprint density at radius 1 is 1.12 bits per heavy atom. The Hall–Kier alpha value is -2.50. The summed E-state index contributed by atoms with van der Waals surface area (Å²) in [6.07, 6.45) is 5.46. The number of hydrogen-bond donors (Lipinski definition) is 1. The first kappa shape index (κ1) is 23.7. The number of aromatic nitrogens is 2. The van der Waals surface area contributed by atoms with E-state index in [1.807, 2.05) is 19.9 Å². The van der Waals surface area contributed by atoms with Crippen LogP contribution in [0.25, 0.3) is 0 Å². The minimum absolute atomic E-state index is 0.0312. The average Bonchev–Trinajstić information content (AvgIpc) is 2.96. The number of rotatable bonds is 5. The number of carbonyl (C=O) groups is 1. The molecular weight excluding hydrogens is 432 g/mol. The van der Waals surface area contributed by atoms with Gasteiger partial charge in [-0.25, -0.2) is 9.97 Å². The van der Waals surface area contributed by atoms with Gasteiger partial charge in [0.15, 0.2) is 0 Å². The number of thiophene rings is 1. The molecule has 8 heteroatoms. The summed E-state index contributed by atoms with van der Waals surface area (Å²) in [6, 6.07) is 4.15. The van der Waals surface area contributed by atoms with E-state index in [-0.39, 0.29) is 11.9 Å². The molecule has 0 radical (unpaired) electrons.